The van der Waals surface area contributed by atoms with Gasteiger partial charge in [0.1, 0.15) is 0 Å². The predicted octanol–water partition coefficient (Wildman–Crippen LogP) is 3.76. The van der Waals surface area contributed by atoms with Gasteiger partial charge in [-0.2, -0.15) is 0 Å². The molecule has 2 aromatic heterocycles. The molecule has 0 atom stereocenters. The maximum atomic E-state index is 5.42. The first-order chi connectivity index (χ1) is 11.7. The van der Waals surface area contributed by atoms with Crippen LogP contribution < -0.4 is 10.6 Å². The summed E-state index contributed by atoms with van der Waals surface area (Å²) >= 11 is 0. The molecule has 0 saturated heterocycles. The van der Waals surface area contributed by atoms with E-state index in [4.69, 9.17) is 4.52 Å². The molecule has 0 bridgehead atoms. The average Bonchev–Trinajstić information content (AvgIpc) is 3.06. The van der Waals surface area contributed by atoms with Crippen molar-refractivity contribution in [3.05, 3.63) is 47.1 Å². The molecule has 0 aliphatic rings. The number of nitrogens with one attached hydrogen (secondary N) is 2. The van der Waals surface area contributed by atoms with Crippen LogP contribution in [0.4, 0.5) is 0 Å². The van der Waals surface area contributed by atoms with E-state index in [1.807, 2.05) is 25.1 Å². The summed E-state index contributed by atoms with van der Waals surface area (Å²) < 4.78 is 5.42. The van der Waals surface area contributed by atoms with Crippen LogP contribution in [-0.4, -0.2) is 23.1 Å². The quantitative estimate of drug-likeness (QED) is 0.376. The molecule has 0 unspecified atom stereocenters. The third-order valence-corrected chi connectivity index (χ3v) is 4.18. The molecule has 25 heavy (non-hydrogen) atoms. The second kappa shape index (κ2) is 11.1. The third-order valence-electron chi connectivity index (χ3n) is 4.18. The maximum Gasteiger partial charge on any atom is 0.191 e. The Hall–Kier alpha value is -1.64. The number of aromatic nitrogens is 2. The highest BCUT2D eigenvalue weighted by Crippen LogP contribution is 2.22. The zero-order valence-electron chi connectivity index (χ0n) is 15.4. The van der Waals surface area contributed by atoms with E-state index >= 15 is 0 Å². The van der Waals surface area contributed by atoms with Crippen LogP contribution in [0.25, 0.3) is 0 Å². The van der Waals surface area contributed by atoms with E-state index in [0.29, 0.717) is 25.0 Å². The molecule has 6 nitrogen and oxygen atoms in total. The minimum absolute atomic E-state index is 0. The van der Waals surface area contributed by atoms with Crippen LogP contribution in [0.1, 0.15) is 55.3 Å². The zero-order chi connectivity index (χ0) is 17.4. The summed E-state index contributed by atoms with van der Waals surface area (Å²) in [7, 11) is 1.75. The Bertz CT molecular complexity index is 667. The van der Waals surface area contributed by atoms with Gasteiger partial charge in [0.2, 0.25) is 0 Å². The number of hydrogen-bond donors (Lipinski definition) is 2. The fourth-order valence-corrected chi connectivity index (χ4v) is 2.57. The van der Waals surface area contributed by atoms with Gasteiger partial charge in [0.15, 0.2) is 11.7 Å². The van der Waals surface area contributed by atoms with Gasteiger partial charge in [-0.3, -0.25) is 9.98 Å². The predicted molar refractivity (Wildman–Crippen MR) is 111 cm³/mol. The van der Waals surface area contributed by atoms with Gasteiger partial charge < -0.3 is 15.2 Å². The Morgan fingerprint density at radius 1 is 1.24 bits per heavy atom. The topological polar surface area (TPSA) is 75.3 Å². The summed E-state index contributed by atoms with van der Waals surface area (Å²) in [6.07, 6.45) is 3.94. The summed E-state index contributed by atoms with van der Waals surface area (Å²) in [4.78, 5) is 8.60. The van der Waals surface area contributed by atoms with E-state index < -0.39 is 0 Å². The van der Waals surface area contributed by atoms with Gasteiger partial charge in [0.25, 0.3) is 0 Å². The van der Waals surface area contributed by atoms with Crippen molar-refractivity contribution in [2.45, 2.75) is 52.6 Å². The van der Waals surface area contributed by atoms with Crippen LogP contribution in [0, 0.1) is 6.92 Å². The summed E-state index contributed by atoms with van der Waals surface area (Å²) in [6.45, 7) is 7.57. The molecule has 0 fully saturated rings. The SMILES string of the molecule is CCC(CC)c1cc(CNC(=NC)NCc2ncccc2C)on1.I. The van der Waals surface area contributed by atoms with Crippen molar-refractivity contribution >= 4 is 29.9 Å². The van der Waals surface area contributed by atoms with E-state index in [1.54, 1.807) is 13.2 Å². The highest BCUT2D eigenvalue weighted by molar-refractivity contribution is 14.0. The van der Waals surface area contributed by atoms with Crippen molar-refractivity contribution in [2.24, 2.45) is 4.99 Å². The molecule has 0 spiro atoms. The first-order valence-corrected chi connectivity index (χ1v) is 8.48. The minimum Gasteiger partial charge on any atom is -0.359 e. The zero-order valence-corrected chi connectivity index (χ0v) is 17.7. The number of aliphatic imine (C=N–C) groups is 1. The Kier molecular flexibility index (Phi) is 9.48. The fraction of sp³-hybridized carbons (Fsp3) is 0.500. The van der Waals surface area contributed by atoms with E-state index in [1.165, 1.54) is 0 Å². The van der Waals surface area contributed by atoms with Crippen molar-refractivity contribution < 1.29 is 4.52 Å². The molecule has 2 N–H and O–H groups in total. The fourth-order valence-electron chi connectivity index (χ4n) is 2.57. The average molecular weight is 457 g/mol. The van der Waals surface area contributed by atoms with Crippen molar-refractivity contribution in [1.29, 1.82) is 0 Å². The molecule has 138 valence electrons. The van der Waals surface area contributed by atoms with Gasteiger partial charge in [-0.15, -0.1) is 24.0 Å². The van der Waals surface area contributed by atoms with Gasteiger partial charge >= 0.3 is 0 Å². The first kappa shape index (κ1) is 21.4. The van der Waals surface area contributed by atoms with Crippen LogP contribution in [0.5, 0.6) is 0 Å². The highest BCUT2D eigenvalue weighted by atomic mass is 127. The molecular weight excluding hydrogens is 429 g/mol. The second-order valence-electron chi connectivity index (χ2n) is 5.78. The lowest BCUT2D eigenvalue weighted by Gasteiger charge is -2.11. The Morgan fingerprint density at radius 2 is 1.96 bits per heavy atom. The molecule has 2 rings (SSSR count). The molecule has 2 aromatic rings. The van der Waals surface area contributed by atoms with Crippen molar-refractivity contribution in [1.82, 2.24) is 20.8 Å². The van der Waals surface area contributed by atoms with Crippen molar-refractivity contribution in [3.8, 4) is 0 Å². The number of halogens is 1. The molecule has 2 heterocycles. The lowest BCUT2D eigenvalue weighted by atomic mass is 9.99. The van der Waals surface area contributed by atoms with Crippen LogP contribution in [0.15, 0.2) is 33.9 Å². The molecule has 7 heteroatoms. The molecule has 0 aromatic carbocycles. The maximum absolute atomic E-state index is 5.42. The molecule has 0 amide bonds. The number of pyridine rings is 1. The largest absolute Gasteiger partial charge is 0.359 e. The van der Waals surface area contributed by atoms with Gasteiger partial charge in [0, 0.05) is 25.2 Å². The summed E-state index contributed by atoms with van der Waals surface area (Å²) in [5, 5.41) is 10.7. The van der Waals surface area contributed by atoms with Gasteiger partial charge in [-0.25, -0.2) is 0 Å². The van der Waals surface area contributed by atoms with E-state index in [9.17, 15) is 0 Å². The number of hydrogen-bond acceptors (Lipinski definition) is 4. The smallest absolute Gasteiger partial charge is 0.191 e. The molecule has 0 saturated carbocycles. The number of rotatable bonds is 7. The standard InChI is InChI=1S/C18H27N5O.HI/c1-5-14(6-2)16-10-15(24-23-16)11-21-18(19-4)22-12-17-13(3)8-7-9-20-17;/h7-10,14H,5-6,11-12H2,1-4H3,(H2,19,21,22);1H. The van der Waals surface area contributed by atoms with Crippen molar-refractivity contribution in [3.63, 3.8) is 0 Å². The molecule has 0 radical (unpaired) electrons. The van der Waals surface area contributed by atoms with Crippen LogP contribution in [0.2, 0.25) is 0 Å². The third kappa shape index (κ3) is 6.30. The van der Waals surface area contributed by atoms with Crippen molar-refractivity contribution in [2.75, 3.05) is 7.05 Å². The van der Waals surface area contributed by atoms with Crippen LogP contribution in [-0.2, 0) is 13.1 Å². The number of nitrogens with zero attached hydrogens (tertiary/aromatic N) is 3. The molecule has 0 aliphatic heterocycles. The molecular formula is C18H28IN5O. The van der Waals surface area contributed by atoms with E-state index in [0.717, 1.165) is 35.6 Å². The monoisotopic (exact) mass is 457 g/mol. The second-order valence-corrected chi connectivity index (χ2v) is 5.78. The summed E-state index contributed by atoms with van der Waals surface area (Å²) in [5.41, 5.74) is 3.20. The normalized spacial score (nSPS) is 11.3. The summed E-state index contributed by atoms with van der Waals surface area (Å²) in [6, 6.07) is 6.02. The van der Waals surface area contributed by atoms with Gasteiger partial charge in [-0.1, -0.05) is 25.1 Å². The van der Waals surface area contributed by atoms with Gasteiger partial charge in [-0.05, 0) is 31.4 Å². The lowest BCUT2D eigenvalue weighted by molar-refractivity contribution is 0.368. The number of aryl methyl sites for hydroxylation is 1. The first-order valence-electron chi connectivity index (χ1n) is 8.48. The summed E-state index contributed by atoms with van der Waals surface area (Å²) in [5.74, 6) is 1.99. The van der Waals surface area contributed by atoms with E-state index in [2.05, 4.69) is 39.6 Å². The van der Waals surface area contributed by atoms with Crippen LogP contribution >= 0.6 is 24.0 Å². The Morgan fingerprint density at radius 3 is 2.60 bits per heavy atom. The lowest BCUT2D eigenvalue weighted by Crippen LogP contribution is -2.36. The van der Waals surface area contributed by atoms with Crippen LogP contribution in [0.3, 0.4) is 0 Å². The highest BCUT2D eigenvalue weighted by Gasteiger charge is 2.13. The Labute approximate surface area is 166 Å². The Balaban J connectivity index is 0.00000312. The molecule has 0 aliphatic carbocycles. The van der Waals surface area contributed by atoms with Gasteiger partial charge in [0.05, 0.1) is 24.5 Å². The van der Waals surface area contributed by atoms with E-state index in [-0.39, 0.29) is 24.0 Å². The minimum atomic E-state index is 0. The number of guanidine groups is 1.